The third-order valence-corrected chi connectivity index (χ3v) is 6.24. The first-order valence-corrected chi connectivity index (χ1v) is 11.3. The molecule has 3 heterocycles. The number of aryl methyl sites for hydroxylation is 1. The molecule has 0 atom stereocenters. The van der Waals surface area contributed by atoms with Crippen LogP contribution in [-0.4, -0.2) is 43.9 Å². The third-order valence-electron chi connectivity index (χ3n) is 5.32. The zero-order valence-electron chi connectivity index (χ0n) is 17.8. The van der Waals surface area contributed by atoms with Gasteiger partial charge in [-0.25, -0.2) is 0 Å². The van der Waals surface area contributed by atoms with E-state index in [1.807, 2.05) is 66.1 Å². The number of aromatic nitrogens is 4. The van der Waals surface area contributed by atoms with E-state index >= 15 is 0 Å². The molecule has 1 aliphatic heterocycles. The number of benzene rings is 2. The van der Waals surface area contributed by atoms with Crippen LogP contribution in [0.5, 0.6) is 0 Å². The van der Waals surface area contributed by atoms with Crippen LogP contribution in [0.1, 0.15) is 5.56 Å². The molecule has 0 fully saturated rings. The molecular weight excluding hydrogens is 436 g/mol. The molecule has 0 saturated heterocycles. The molecule has 0 aliphatic carbocycles. The van der Waals surface area contributed by atoms with Crippen LogP contribution >= 0.6 is 11.8 Å². The van der Waals surface area contributed by atoms with Gasteiger partial charge in [0.05, 0.1) is 22.8 Å². The average Bonchev–Trinajstić information content (AvgIpc) is 3.26. The second-order valence-corrected chi connectivity index (χ2v) is 8.44. The number of para-hydroxylation sites is 3. The second-order valence-electron chi connectivity index (χ2n) is 7.50. The van der Waals surface area contributed by atoms with Crippen LogP contribution < -0.4 is 10.2 Å². The van der Waals surface area contributed by atoms with Crippen molar-refractivity contribution in [1.29, 1.82) is 0 Å². The highest BCUT2D eigenvalue weighted by Gasteiger charge is 2.27. The van der Waals surface area contributed by atoms with Crippen molar-refractivity contribution in [2.24, 2.45) is 0 Å². The Morgan fingerprint density at radius 2 is 1.73 bits per heavy atom. The fourth-order valence-corrected chi connectivity index (χ4v) is 4.56. The highest BCUT2D eigenvalue weighted by molar-refractivity contribution is 7.99. The Hall–Kier alpha value is -3.98. The molecule has 9 heteroatoms. The summed E-state index contributed by atoms with van der Waals surface area (Å²) in [5.74, 6) is 0.397. The summed E-state index contributed by atoms with van der Waals surface area (Å²) < 4.78 is 1.96. The number of hydrogen-bond donors (Lipinski definition) is 1. The lowest BCUT2D eigenvalue weighted by Crippen LogP contribution is -2.43. The normalized spacial score (nSPS) is 12.9. The van der Waals surface area contributed by atoms with Gasteiger partial charge in [-0.3, -0.25) is 19.1 Å². The lowest BCUT2D eigenvalue weighted by atomic mass is 10.2. The number of carbonyl (C=O) groups is 2. The van der Waals surface area contributed by atoms with Crippen LogP contribution in [0.4, 0.5) is 11.4 Å². The van der Waals surface area contributed by atoms with Gasteiger partial charge in [-0.1, -0.05) is 42.1 Å². The van der Waals surface area contributed by atoms with Gasteiger partial charge in [0.25, 0.3) is 0 Å². The molecule has 2 aromatic carbocycles. The minimum Gasteiger partial charge on any atom is -0.323 e. The maximum absolute atomic E-state index is 13.1. The molecule has 2 amide bonds. The molecule has 5 rings (SSSR count). The van der Waals surface area contributed by atoms with Crippen LogP contribution in [-0.2, 0) is 9.59 Å². The van der Waals surface area contributed by atoms with E-state index in [0.29, 0.717) is 22.4 Å². The maximum Gasteiger partial charge on any atom is 0.244 e. The molecule has 0 unspecified atom stereocenters. The van der Waals surface area contributed by atoms with E-state index in [0.717, 1.165) is 16.8 Å². The van der Waals surface area contributed by atoms with Gasteiger partial charge in [-0.2, -0.15) is 0 Å². The molecule has 4 aromatic rings. The first-order chi connectivity index (χ1) is 16.1. The largest absolute Gasteiger partial charge is 0.323 e. The minimum atomic E-state index is -0.213. The molecule has 2 aromatic heterocycles. The van der Waals surface area contributed by atoms with Crippen LogP contribution in [0.2, 0.25) is 0 Å². The smallest absolute Gasteiger partial charge is 0.244 e. The van der Waals surface area contributed by atoms with Gasteiger partial charge in [0.1, 0.15) is 6.54 Å². The Labute approximate surface area is 194 Å². The average molecular weight is 457 g/mol. The number of anilines is 2. The van der Waals surface area contributed by atoms with E-state index in [9.17, 15) is 9.59 Å². The van der Waals surface area contributed by atoms with E-state index in [-0.39, 0.29) is 24.1 Å². The molecule has 0 saturated carbocycles. The topological polar surface area (TPSA) is 93.0 Å². The Balaban J connectivity index is 1.46. The quantitative estimate of drug-likeness (QED) is 0.460. The zero-order chi connectivity index (χ0) is 22.8. The molecule has 164 valence electrons. The Morgan fingerprint density at radius 1 is 1.00 bits per heavy atom. The number of fused-ring (bicyclic) bond motifs is 1. The molecule has 0 radical (unpaired) electrons. The van der Waals surface area contributed by atoms with Gasteiger partial charge in [0.15, 0.2) is 11.0 Å². The summed E-state index contributed by atoms with van der Waals surface area (Å²) in [5.41, 5.74) is 4.20. The summed E-state index contributed by atoms with van der Waals surface area (Å²) in [6, 6.07) is 19.0. The summed E-state index contributed by atoms with van der Waals surface area (Å²) in [6.07, 6.45) is 3.42. The van der Waals surface area contributed by atoms with Crippen molar-refractivity contribution in [2.75, 3.05) is 22.5 Å². The van der Waals surface area contributed by atoms with Crippen molar-refractivity contribution in [1.82, 2.24) is 19.7 Å². The fraction of sp³-hybridized carbons (Fsp3) is 0.125. The molecule has 1 aliphatic rings. The fourth-order valence-electron chi connectivity index (χ4n) is 3.74. The van der Waals surface area contributed by atoms with Gasteiger partial charge in [0, 0.05) is 18.0 Å². The van der Waals surface area contributed by atoms with Crippen LogP contribution in [0.25, 0.3) is 17.1 Å². The predicted molar refractivity (Wildman–Crippen MR) is 127 cm³/mol. The van der Waals surface area contributed by atoms with Gasteiger partial charge in [-0.15, -0.1) is 10.2 Å². The maximum atomic E-state index is 13.1. The van der Waals surface area contributed by atoms with Crippen molar-refractivity contribution in [2.45, 2.75) is 12.1 Å². The summed E-state index contributed by atoms with van der Waals surface area (Å²) >= 11 is 1.29. The van der Waals surface area contributed by atoms with Gasteiger partial charge in [0.2, 0.25) is 11.8 Å². The first-order valence-electron chi connectivity index (χ1n) is 10.4. The summed E-state index contributed by atoms with van der Waals surface area (Å²) in [6.45, 7) is 2.01. The van der Waals surface area contributed by atoms with Crippen LogP contribution in [0, 0.1) is 6.92 Å². The number of nitrogens with one attached hydrogen (secondary N) is 1. The number of amides is 2. The number of carbonyl (C=O) groups excluding carboxylic acids is 2. The number of thioether (sulfide) groups is 1. The van der Waals surface area contributed by atoms with Gasteiger partial charge in [-0.05, 0) is 42.8 Å². The van der Waals surface area contributed by atoms with E-state index < -0.39 is 0 Å². The van der Waals surface area contributed by atoms with E-state index in [1.54, 1.807) is 18.5 Å². The van der Waals surface area contributed by atoms with Crippen molar-refractivity contribution < 1.29 is 9.59 Å². The van der Waals surface area contributed by atoms with E-state index in [2.05, 4.69) is 20.5 Å². The molecule has 1 N–H and O–H groups in total. The lowest BCUT2D eigenvalue weighted by molar-refractivity contribution is -0.120. The standard InChI is InChI=1S/C24H20N6O2S/c1-16-6-2-4-8-19(16)30-23(17-10-12-25-13-11-17)27-28-24(30)33-15-22(32)29-14-21(31)26-18-7-3-5-9-20(18)29/h2-13H,14-15H2,1H3,(H,26,31). The third kappa shape index (κ3) is 4.10. The van der Waals surface area contributed by atoms with E-state index in [1.165, 1.54) is 16.7 Å². The van der Waals surface area contributed by atoms with Crippen LogP contribution in [0.15, 0.2) is 78.2 Å². The lowest BCUT2D eigenvalue weighted by Gasteiger charge is -2.29. The van der Waals surface area contributed by atoms with Crippen molar-refractivity contribution in [3.8, 4) is 17.1 Å². The summed E-state index contributed by atoms with van der Waals surface area (Å²) in [4.78, 5) is 30.8. The van der Waals surface area contributed by atoms with E-state index in [4.69, 9.17) is 0 Å². The van der Waals surface area contributed by atoms with Crippen molar-refractivity contribution in [3.63, 3.8) is 0 Å². The number of rotatable bonds is 5. The SMILES string of the molecule is Cc1ccccc1-n1c(SCC(=O)N2CC(=O)Nc3ccccc32)nnc1-c1ccncc1. The van der Waals surface area contributed by atoms with Crippen molar-refractivity contribution >= 4 is 35.0 Å². The molecule has 0 bridgehead atoms. The highest BCUT2D eigenvalue weighted by Crippen LogP contribution is 2.32. The Morgan fingerprint density at radius 3 is 2.52 bits per heavy atom. The van der Waals surface area contributed by atoms with Gasteiger partial charge >= 0.3 is 0 Å². The Bertz CT molecular complexity index is 1340. The summed E-state index contributed by atoms with van der Waals surface area (Å²) in [7, 11) is 0. The number of pyridine rings is 1. The van der Waals surface area contributed by atoms with Gasteiger partial charge < -0.3 is 10.2 Å². The second kappa shape index (κ2) is 8.87. The molecular formula is C24H20N6O2S. The molecule has 0 spiro atoms. The number of nitrogens with zero attached hydrogens (tertiary/aromatic N) is 5. The minimum absolute atomic E-state index is 0.0108. The first kappa shape index (κ1) is 20.9. The highest BCUT2D eigenvalue weighted by atomic mass is 32.2. The predicted octanol–water partition coefficient (Wildman–Crippen LogP) is 3.72. The van der Waals surface area contributed by atoms with Crippen LogP contribution in [0.3, 0.4) is 0 Å². The Kier molecular flexibility index (Phi) is 5.62. The summed E-state index contributed by atoms with van der Waals surface area (Å²) in [5, 5.41) is 12.2. The monoisotopic (exact) mass is 456 g/mol. The molecule has 33 heavy (non-hydrogen) atoms. The molecule has 8 nitrogen and oxygen atoms in total. The zero-order valence-corrected chi connectivity index (χ0v) is 18.6. The number of hydrogen-bond acceptors (Lipinski definition) is 6. The van der Waals surface area contributed by atoms with Crippen molar-refractivity contribution in [3.05, 3.63) is 78.6 Å².